The minimum atomic E-state index is -0.208. The van der Waals surface area contributed by atoms with Gasteiger partial charge in [0.25, 0.3) is 11.8 Å². The molecule has 0 aromatic heterocycles. The van der Waals surface area contributed by atoms with Crippen LogP contribution >= 0.6 is 0 Å². The van der Waals surface area contributed by atoms with Gasteiger partial charge in [-0.25, -0.2) is 0 Å². The molecule has 2 heterocycles. The molecule has 33 heavy (non-hydrogen) atoms. The third-order valence-electron chi connectivity index (χ3n) is 6.71. The standard InChI is InChI=1S/C27H29N3O3/c1-29(2)24-11-10-22(20-7-3-4-8-21(20)24)26(31)28-23-9-5-6-19-17-30(27(32)25(19)23)16-18-12-14-33-15-13-18/h3-11,18H,12-17H2,1-2H3,(H,28,31). The van der Waals surface area contributed by atoms with Crippen molar-refractivity contribution in [3.05, 3.63) is 71.3 Å². The Hall–Kier alpha value is -3.38. The van der Waals surface area contributed by atoms with Crippen LogP contribution in [0.5, 0.6) is 0 Å². The highest BCUT2D eigenvalue weighted by atomic mass is 16.5. The van der Waals surface area contributed by atoms with Gasteiger partial charge in [-0.15, -0.1) is 0 Å². The summed E-state index contributed by atoms with van der Waals surface area (Å²) in [6.07, 6.45) is 1.97. The summed E-state index contributed by atoms with van der Waals surface area (Å²) in [5.74, 6) is 0.262. The zero-order valence-corrected chi connectivity index (χ0v) is 19.1. The minimum absolute atomic E-state index is 0.000190. The molecule has 6 heteroatoms. The first-order valence-corrected chi connectivity index (χ1v) is 11.5. The van der Waals surface area contributed by atoms with E-state index in [0.717, 1.165) is 54.6 Å². The van der Waals surface area contributed by atoms with Crippen LogP contribution in [0.1, 0.15) is 39.1 Å². The van der Waals surface area contributed by atoms with Crippen LogP contribution in [0, 0.1) is 5.92 Å². The van der Waals surface area contributed by atoms with E-state index in [2.05, 4.69) is 5.32 Å². The fourth-order valence-corrected chi connectivity index (χ4v) is 4.97. The molecule has 0 spiro atoms. The van der Waals surface area contributed by atoms with Crippen molar-refractivity contribution in [1.82, 2.24) is 4.90 Å². The first kappa shape index (κ1) is 21.5. The van der Waals surface area contributed by atoms with E-state index in [1.165, 1.54) is 0 Å². The van der Waals surface area contributed by atoms with Gasteiger partial charge in [0.05, 0.1) is 11.3 Å². The number of ether oxygens (including phenoxy) is 1. The SMILES string of the molecule is CN(C)c1ccc(C(=O)Nc2cccc3c2C(=O)N(CC2CCOCC2)C3)c2ccccc12. The van der Waals surface area contributed by atoms with Crippen LogP contribution < -0.4 is 10.2 Å². The Bertz CT molecular complexity index is 1210. The van der Waals surface area contributed by atoms with E-state index in [0.29, 0.717) is 29.3 Å². The summed E-state index contributed by atoms with van der Waals surface area (Å²) in [6.45, 7) is 2.86. The van der Waals surface area contributed by atoms with Gasteiger partial charge in [-0.1, -0.05) is 36.4 Å². The Balaban J connectivity index is 1.41. The fourth-order valence-electron chi connectivity index (χ4n) is 4.97. The summed E-state index contributed by atoms with van der Waals surface area (Å²) in [7, 11) is 3.99. The lowest BCUT2D eigenvalue weighted by Crippen LogP contribution is -2.32. The average molecular weight is 444 g/mol. The van der Waals surface area contributed by atoms with Crippen molar-refractivity contribution in [2.24, 2.45) is 5.92 Å². The highest BCUT2D eigenvalue weighted by Crippen LogP contribution is 2.33. The topological polar surface area (TPSA) is 61.9 Å². The maximum atomic E-state index is 13.4. The summed E-state index contributed by atoms with van der Waals surface area (Å²) in [4.78, 5) is 30.6. The Kier molecular flexibility index (Phi) is 5.77. The zero-order chi connectivity index (χ0) is 22.9. The largest absolute Gasteiger partial charge is 0.381 e. The Labute approximate surface area is 194 Å². The molecule has 6 nitrogen and oxygen atoms in total. The van der Waals surface area contributed by atoms with Gasteiger partial charge in [0.2, 0.25) is 0 Å². The lowest BCUT2D eigenvalue weighted by atomic mass is 10.00. The van der Waals surface area contributed by atoms with E-state index >= 15 is 0 Å². The molecule has 0 bridgehead atoms. The van der Waals surface area contributed by atoms with E-state index in [1.807, 2.05) is 78.5 Å². The number of benzene rings is 3. The van der Waals surface area contributed by atoms with Gasteiger partial charge in [-0.05, 0) is 47.9 Å². The molecule has 2 amide bonds. The molecule has 1 saturated heterocycles. The highest BCUT2D eigenvalue weighted by Gasteiger charge is 2.32. The van der Waals surface area contributed by atoms with E-state index in [-0.39, 0.29) is 11.8 Å². The molecule has 0 aliphatic carbocycles. The molecule has 0 radical (unpaired) electrons. The molecule has 1 fully saturated rings. The van der Waals surface area contributed by atoms with E-state index in [4.69, 9.17) is 4.74 Å². The number of rotatable bonds is 5. The monoisotopic (exact) mass is 443 g/mol. The molecule has 1 N–H and O–H groups in total. The number of nitrogens with zero attached hydrogens (tertiary/aromatic N) is 2. The first-order valence-electron chi connectivity index (χ1n) is 11.5. The smallest absolute Gasteiger partial charge is 0.256 e. The second-order valence-electron chi connectivity index (χ2n) is 9.11. The third-order valence-corrected chi connectivity index (χ3v) is 6.71. The molecular formula is C27H29N3O3. The lowest BCUT2D eigenvalue weighted by molar-refractivity contribution is 0.0469. The predicted octanol–water partition coefficient (Wildman–Crippen LogP) is 4.54. The van der Waals surface area contributed by atoms with E-state index in [9.17, 15) is 9.59 Å². The number of anilines is 2. The Morgan fingerprint density at radius 1 is 1.03 bits per heavy atom. The van der Waals surface area contributed by atoms with Crippen LogP contribution in [0.4, 0.5) is 11.4 Å². The molecule has 170 valence electrons. The molecule has 3 aromatic carbocycles. The number of hydrogen-bond donors (Lipinski definition) is 1. The van der Waals surface area contributed by atoms with E-state index in [1.54, 1.807) is 0 Å². The van der Waals surface area contributed by atoms with Gasteiger partial charge in [0, 0.05) is 57.0 Å². The molecule has 2 aliphatic rings. The molecule has 2 aliphatic heterocycles. The molecule has 5 rings (SSSR count). The van der Waals surface area contributed by atoms with Crippen molar-refractivity contribution in [2.75, 3.05) is 44.1 Å². The summed E-state index contributed by atoms with van der Waals surface area (Å²) in [6, 6.07) is 17.4. The highest BCUT2D eigenvalue weighted by molar-refractivity contribution is 6.17. The lowest BCUT2D eigenvalue weighted by Gasteiger charge is -2.26. The second kappa shape index (κ2) is 8.87. The van der Waals surface area contributed by atoms with Gasteiger partial charge in [0.1, 0.15) is 0 Å². The molecule has 0 saturated carbocycles. The maximum Gasteiger partial charge on any atom is 0.256 e. The first-order chi connectivity index (χ1) is 16.0. The third kappa shape index (κ3) is 4.07. The number of fused-ring (bicyclic) bond motifs is 2. The quantitative estimate of drug-likeness (QED) is 0.629. The Morgan fingerprint density at radius 2 is 1.79 bits per heavy atom. The van der Waals surface area contributed by atoms with Crippen LogP contribution in [0.3, 0.4) is 0 Å². The fraction of sp³-hybridized carbons (Fsp3) is 0.333. The van der Waals surface area contributed by atoms with E-state index < -0.39 is 0 Å². The van der Waals surface area contributed by atoms with Crippen LogP contribution in [-0.2, 0) is 11.3 Å². The van der Waals surface area contributed by atoms with Crippen molar-refractivity contribution in [1.29, 1.82) is 0 Å². The summed E-state index contributed by atoms with van der Waals surface area (Å²) >= 11 is 0. The number of hydrogen-bond acceptors (Lipinski definition) is 4. The van der Waals surface area contributed by atoms with Crippen LogP contribution in [-0.4, -0.2) is 50.6 Å². The van der Waals surface area contributed by atoms with Crippen molar-refractivity contribution in [3.63, 3.8) is 0 Å². The van der Waals surface area contributed by atoms with Crippen LogP contribution in [0.25, 0.3) is 10.8 Å². The van der Waals surface area contributed by atoms with Gasteiger partial charge in [-0.2, -0.15) is 0 Å². The number of carbonyl (C=O) groups is 2. The predicted molar refractivity (Wildman–Crippen MR) is 131 cm³/mol. The second-order valence-corrected chi connectivity index (χ2v) is 9.11. The molecule has 0 unspecified atom stereocenters. The number of carbonyl (C=O) groups excluding carboxylic acids is 2. The van der Waals surface area contributed by atoms with Crippen molar-refractivity contribution in [3.8, 4) is 0 Å². The van der Waals surface area contributed by atoms with Gasteiger partial charge < -0.3 is 19.9 Å². The van der Waals surface area contributed by atoms with Gasteiger partial charge >= 0.3 is 0 Å². The van der Waals surface area contributed by atoms with Gasteiger partial charge in [-0.3, -0.25) is 9.59 Å². The Morgan fingerprint density at radius 3 is 2.55 bits per heavy atom. The van der Waals surface area contributed by atoms with Crippen LogP contribution in [0.15, 0.2) is 54.6 Å². The summed E-state index contributed by atoms with van der Waals surface area (Å²) < 4.78 is 5.46. The summed E-state index contributed by atoms with van der Waals surface area (Å²) in [5, 5.41) is 4.94. The van der Waals surface area contributed by atoms with Crippen molar-refractivity contribution < 1.29 is 14.3 Å². The van der Waals surface area contributed by atoms with Gasteiger partial charge in [0.15, 0.2) is 0 Å². The van der Waals surface area contributed by atoms with Crippen molar-refractivity contribution in [2.45, 2.75) is 19.4 Å². The average Bonchev–Trinajstić information content (AvgIpc) is 3.14. The minimum Gasteiger partial charge on any atom is -0.381 e. The molecular weight excluding hydrogens is 414 g/mol. The maximum absolute atomic E-state index is 13.4. The summed E-state index contributed by atoms with van der Waals surface area (Å²) in [5.41, 5.74) is 3.82. The molecule has 3 aromatic rings. The van der Waals surface area contributed by atoms with Crippen molar-refractivity contribution >= 4 is 34.0 Å². The number of amides is 2. The number of nitrogens with one attached hydrogen (secondary N) is 1. The molecule has 0 atom stereocenters. The normalized spacial score (nSPS) is 16.2. The zero-order valence-electron chi connectivity index (χ0n) is 19.1. The van der Waals surface area contributed by atoms with Crippen LogP contribution in [0.2, 0.25) is 0 Å².